The molecule has 4 heteroatoms. The minimum Gasteiger partial charge on any atom is -0.384 e. The van der Waals surface area contributed by atoms with Gasteiger partial charge in [-0.25, -0.2) is 4.98 Å². The molecular formula is C12H21N3S. The second-order valence-corrected chi connectivity index (χ2v) is 4.77. The molecule has 1 aromatic heterocycles. The summed E-state index contributed by atoms with van der Waals surface area (Å²) in [5.41, 5.74) is 6.89. The zero-order valence-electron chi connectivity index (χ0n) is 10.1. The summed E-state index contributed by atoms with van der Waals surface area (Å²) in [6, 6.07) is 3.98. The van der Waals surface area contributed by atoms with Crippen molar-refractivity contribution in [1.82, 2.24) is 9.88 Å². The van der Waals surface area contributed by atoms with E-state index >= 15 is 0 Å². The first-order valence-corrected chi connectivity index (χ1v) is 6.92. The van der Waals surface area contributed by atoms with Crippen LogP contribution in [0.5, 0.6) is 0 Å². The second-order valence-electron chi connectivity index (χ2n) is 3.67. The molecule has 0 saturated heterocycles. The van der Waals surface area contributed by atoms with Gasteiger partial charge in [0.1, 0.15) is 5.82 Å². The van der Waals surface area contributed by atoms with Crippen LogP contribution in [0.4, 0.5) is 5.82 Å². The van der Waals surface area contributed by atoms with E-state index in [9.17, 15) is 0 Å². The highest BCUT2D eigenvalue weighted by atomic mass is 32.2. The monoisotopic (exact) mass is 239 g/mol. The van der Waals surface area contributed by atoms with Crippen molar-refractivity contribution in [3.05, 3.63) is 23.9 Å². The fourth-order valence-corrected chi connectivity index (χ4v) is 2.45. The predicted octanol–water partition coefficient (Wildman–Crippen LogP) is 2.24. The summed E-state index contributed by atoms with van der Waals surface area (Å²) in [6.45, 7) is 7.85. The summed E-state index contributed by atoms with van der Waals surface area (Å²) in [6.07, 6.45) is 1.77. The van der Waals surface area contributed by atoms with Crippen LogP contribution in [0.15, 0.2) is 18.3 Å². The van der Waals surface area contributed by atoms with Gasteiger partial charge in [0.25, 0.3) is 0 Å². The van der Waals surface area contributed by atoms with Gasteiger partial charge in [0.05, 0.1) is 0 Å². The van der Waals surface area contributed by atoms with Crippen molar-refractivity contribution in [2.24, 2.45) is 0 Å². The fourth-order valence-electron chi connectivity index (χ4n) is 1.51. The molecule has 1 heterocycles. The molecule has 0 aliphatic carbocycles. The minimum atomic E-state index is 0.613. The summed E-state index contributed by atoms with van der Waals surface area (Å²) in [5, 5.41) is 0. The highest BCUT2D eigenvalue weighted by Gasteiger charge is 1.99. The zero-order valence-corrected chi connectivity index (χ0v) is 11.0. The predicted molar refractivity (Wildman–Crippen MR) is 72.6 cm³/mol. The first kappa shape index (κ1) is 13.3. The van der Waals surface area contributed by atoms with Gasteiger partial charge in [-0.3, -0.25) is 0 Å². The van der Waals surface area contributed by atoms with Crippen molar-refractivity contribution in [3.63, 3.8) is 0 Å². The molecule has 0 fully saturated rings. The smallest absolute Gasteiger partial charge is 0.123 e. The number of hydrogen-bond donors (Lipinski definition) is 1. The molecule has 0 amide bonds. The van der Waals surface area contributed by atoms with Crippen LogP contribution in [0, 0.1) is 0 Å². The number of anilines is 1. The van der Waals surface area contributed by atoms with Crippen LogP contribution < -0.4 is 5.73 Å². The van der Waals surface area contributed by atoms with Gasteiger partial charge in [-0.15, -0.1) is 0 Å². The largest absolute Gasteiger partial charge is 0.384 e. The van der Waals surface area contributed by atoms with E-state index in [4.69, 9.17) is 5.73 Å². The van der Waals surface area contributed by atoms with Crippen molar-refractivity contribution in [3.8, 4) is 0 Å². The number of nitrogens with zero attached hydrogens (tertiary/aromatic N) is 2. The Morgan fingerprint density at radius 2 is 2.12 bits per heavy atom. The molecule has 1 aromatic rings. The highest BCUT2D eigenvalue weighted by Crippen LogP contribution is 2.13. The van der Waals surface area contributed by atoms with Gasteiger partial charge in [0.15, 0.2) is 0 Å². The molecular weight excluding hydrogens is 218 g/mol. The molecule has 0 aliphatic heterocycles. The van der Waals surface area contributed by atoms with Crippen LogP contribution in [0.25, 0.3) is 0 Å². The van der Waals surface area contributed by atoms with E-state index in [1.807, 2.05) is 23.9 Å². The molecule has 0 bridgehead atoms. The van der Waals surface area contributed by atoms with Crippen LogP contribution in [-0.4, -0.2) is 35.3 Å². The maximum absolute atomic E-state index is 5.63. The van der Waals surface area contributed by atoms with Crippen LogP contribution in [-0.2, 0) is 5.75 Å². The molecule has 1 rings (SSSR count). The number of pyridine rings is 1. The lowest BCUT2D eigenvalue weighted by Gasteiger charge is -2.17. The average molecular weight is 239 g/mol. The second kappa shape index (κ2) is 7.52. The number of rotatable bonds is 7. The number of aromatic nitrogens is 1. The molecule has 16 heavy (non-hydrogen) atoms. The standard InChI is InChI=1S/C12H21N3S/c1-3-15(4-2)7-8-16-10-11-5-6-14-12(13)9-11/h5-6,9H,3-4,7-8,10H2,1-2H3,(H2,13,14). The number of hydrogen-bond acceptors (Lipinski definition) is 4. The highest BCUT2D eigenvalue weighted by molar-refractivity contribution is 7.98. The topological polar surface area (TPSA) is 42.2 Å². The lowest BCUT2D eigenvalue weighted by atomic mass is 10.3. The van der Waals surface area contributed by atoms with E-state index in [0.717, 1.165) is 25.4 Å². The van der Waals surface area contributed by atoms with Crippen molar-refractivity contribution < 1.29 is 0 Å². The Hall–Kier alpha value is -0.740. The molecule has 0 aliphatic rings. The average Bonchev–Trinajstić information content (AvgIpc) is 2.29. The van der Waals surface area contributed by atoms with Gasteiger partial charge >= 0.3 is 0 Å². The van der Waals surface area contributed by atoms with Gasteiger partial charge in [0.2, 0.25) is 0 Å². The quantitative estimate of drug-likeness (QED) is 0.741. The Morgan fingerprint density at radius 1 is 1.38 bits per heavy atom. The zero-order chi connectivity index (χ0) is 11.8. The summed E-state index contributed by atoms with van der Waals surface area (Å²) in [7, 11) is 0. The van der Waals surface area contributed by atoms with E-state index in [1.54, 1.807) is 6.20 Å². The minimum absolute atomic E-state index is 0.613. The summed E-state index contributed by atoms with van der Waals surface area (Å²) in [4.78, 5) is 6.42. The summed E-state index contributed by atoms with van der Waals surface area (Å²) >= 11 is 1.95. The Labute approximate surface area is 102 Å². The van der Waals surface area contributed by atoms with Crippen molar-refractivity contribution in [2.75, 3.05) is 31.1 Å². The van der Waals surface area contributed by atoms with Crippen LogP contribution in [0.1, 0.15) is 19.4 Å². The molecule has 90 valence electrons. The maximum atomic E-state index is 5.63. The third-order valence-corrected chi connectivity index (χ3v) is 3.57. The lowest BCUT2D eigenvalue weighted by molar-refractivity contribution is 0.324. The van der Waals surface area contributed by atoms with Crippen molar-refractivity contribution in [2.45, 2.75) is 19.6 Å². The van der Waals surface area contributed by atoms with E-state index in [1.165, 1.54) is 11.3 Å². The molecule has 0 atom stereocenters. The number of thioether (sulfide) groups is 1. The Balaban J connectivity index is 2.20. The van der Waals surface area contributed by atoms with E-state index in [0.29, 0.717) is 5.82 Å². The summed E-state index contributed by atoms with van der Waals surface area (Å²) < 4.78 is 0. The van der Waals surface area contributed by atoms with Gasteiger partial charge in [-0.2, -0.15) is 11.8 Å². The third-order valence-electron chi connectivity index (χ3n) is 2.56. The first-order chi connectivity index (χ1) is 7.76. The Kier molecular flexibility index (Phi) is 6.26. The molecule has 0 spiro atoms. The molecule has 0 unspecified atom stereocenters. The van der Waals surface area contributed by atoms with E-state index < -0.39 is 0 Å². The molecule has 2 N–H and O–H groups in total. The van der Waals surface area contributed by atoms with Crippen LogP contribution in [0.3, 0.4) is 0 Å². The maximum Gasteiger partial charge on any atom is 0.123 e. The third kappa shape index (κ3) is 4.86. The lowest BCUT2D eigenvalue weighted by Crippen LogP contribution is -2.25. The van der Waals surface area contributed by atoms with Gasteiger partial charge < -0.3 is 10.6 Å². The van der Waals surface area contributed by atoms with Crippen molar-refractivity contribution in [1.29, 1.82) is 0 Å². The molecule has 0 radical (unpaired) electrons. The molecule has 0 saturated carbocycles. The van der Waals surface area contributed by atoms with E-state index in [2.05, 4.69) is 23.7 Å². The van der Waals surface area contributed by atoms with Gasteiger partial charge in [-0.05, 0) is 30.8 Å². The SMILES string of the molecule is CCN(CC)CCSCc1ccnc(N)c1. The summed E-state index contributed by atoms with van der Waals surface area (Å²) in [5.74, 6) is 2.81. The van der Waals surface area contributed by atoms with E-state index in [-0.39, 0.29) is 0 Å². The Bertz CT molecular complexity index is 300. The molecule has 3 nitrogen and oxygen atoms in total. The normalized spacial score (nSPS) is 10.9. The van der Waals surface area contributed by atoms with Gasteiger partial charge in [0, 0.05) is 24.2 Å². The van der Waals surface area contributed by atoms with Gasteiger partial charge in [-0.1, -0.05) is 13.8 Å². The Morgan fingerprint density at radius 3 is 2.75 bits per heavy atom. The number of nitrogens with two attached hydrogens (primary N) is 1. The van der Waals surface area contributed by atoms with Crippen molar-refractivity contribution >= 4 is 17.6 Å². The number of nitrogen functional groups attached to an aromatic ring is 1. The fraction of sp³-hybridized carbons (Fsp3) is 0.583. The van der Waals surface area contributed by atoms with Crippen LogP contribution >= 0.6 is 11.8 Å². The first-order valence-electron chi connectivity index (χ1n) is 5.76. The molecule has 0 aromatic carbocycles. The van der Waals surface area contributed by atoms with Crippen LogP contribution in [0.2, 0.25) is 0 Å².